The summed E-state index contributed by atoms with van der Waals surface area (Å²) in [6.45, 7) is 11.3. The molecule has 2 N–H and O–H groups in total. The van der Waals surface area contributed by atoms with Crippen molar-refractivity contribution in [3.63, 3.8) is 0 Å². The summed E-state index contributed by atoms with van der Waals surface area (Å²) in [7, 11) is 0. The Morgan fingerprint density at radius 2 is 1.56 bits per heavy atom. The second kappa shape index (κ2) is 10.5. The zero-order chi connectivity index (χ0) is 24.1. The lowest BCUT2D eigenvalue weighted by atomic mass is 10.0. The Labute approximate surface area is 190 Å². The second-order valence-corrected chi connectivity index (χ2v) is 9.18. The summed E-state index contributed by atoms with van der Waals surface area (Å²) < 4.78 is 5.63. The standard InChI is InChI=1S/C26H35NO5/c1-7-27(23(29)13-10-20-14-17(2)24(30)18(3)15-20)22(25(31)32-26(4,5)6)16-19-8-11-21(28)12-9-19/h8-9,11-12,14-15,22,28,30H,7,10,13,16H2,1-6H3. The van der Waals surface area contributed by atoms with Crippen molar-refractivity contribution in [1.29, 1.82) is 0 Å². The molecule has 0 aliphatic heterocycles. The number of phenols is 2. The van der Waals surface area contributed by atoms with E-state index in [2.05, 4.69) is 0 Å². The first kappa shape index (κ1) is 25.2. The van der Waals surface area contributed by atoms with Gasteiger partial charge in [0.05, 0.1) is 0 Å². The van der Waals surface area contributed by atoms with Gasteiger partial charge in [-0.2, -0.15) is 0 Å². The zero-order valence-electron chi connectivity index (χ0n) is 19.9. The minimum atomic E-state index is -0.764. The Bertz CT molecular complexity index is 921. The van der Waals surface area contributed by atoms with Gasteiger partial charge >= 0.3 is 5.97 Å². The van der Waals surface area contributed by atoms with Crippen LogP contribution in [-0.4, -0.2) is 45.2 Å². The number of phenolic OH excluding ortho intramolecular Hbond substituents is 2. The SMILES string of the molecule is CCN(C(=O)CCc1cc(C)c(O)c(C)c1)C(Cc1ccc(O)cc1)C(=O)OC(C)(C)C. The Hall–Kier alpha value is -3.02. The predicted molar refractivity (Wildman–Crippen MR) is 125 cm³/mol. The molecule has 2 aromatic carbocycles. The van der Waals surface area contributed by atoms with Gasteiger partial charge in [-0.1, -0.05) is 24.3 Å². The van der Waals surface area contributed by atoms with Crippen LogP contribution in [-0.2, 0) is 27.2 Å². The number of nitrogens with zero attached hydrogens (tertiary/aromatic N) is 1. The normalized spacial score (nSPS) is 12.3. The van der Waals surface area contributed by atoms with E-state index in [9.17, 15) is 19.8 Å². The molecule has 0 heterocycles. The van der Waals surface area contributed by atoms with E-state index < -0.39 is 17.6 Å². The van der Waals surface area contributed by atoms with Gasteiger partial charge in [-0.05, 0) is 82.3 Å². The van der Waals surface area contributed by atoms with Gasteiger partial charge in [0.1, 0.15) is 23.1 Å². The van der Waals surface area contributed by atoms with Gasteiger partial charge in [0, 0.05) is 19.4 Å². The van der Waals surface area contributed by atoms with Crippen LogP contribution in [0.15, 0.2) is 36.4 Å². The third-order valence-electron chi connectivity index (χ3n) is 5.26. The van der Waals surface area contributed by atoms with E-state index in [0.29, 0.717) is 19.4 Å². The quantitative estimate of drug-likeness (QED) is 0.591. The third kappa shape index (κ3) is 7.01. The first-order valence-corrected chi connectivity index (χ1v) is 11.0. The highest BCUT2D eigenvalue weighted by atomic mass is 16.6. The lowest BCUT2D eigenvalue weighted by molar-refractivity contribution is -0.164. The van der Waals surface area contributed by atoms with Crippen LogP contribution in [0.3, 0.4) is 0 Å². The molecule has 2 rings (SSSR count). The average Bonchev–Trinajstić information content (AvgIpc) is 2.70. The number of amides is 1. The van der Waals surface area contributed by atoms with Crippen molar-refractivity contribution < 1.29 is 24.5 Å². The summed E-state index contributed by atoms with van der Waals surface area (Å²) in [5, 5.41) is 19.5. The van der Waals surface area contributed by atoms with Crippen LogP contribution in [0.5, 0.6) is 11.5 Å². The number of rotatable bonds is 8. The highest BCUT2D eigenvalue weighted by Crippen LogP contribution is 2.24. The molecule has 1 unspecified atom stereocenters. The maximum absolute atomic E-state index is 13.2. The molecule has 0 bridgehead atoms. The molecule has 0 fully saturated rings. The Kier molecular flexibility index (Phi) is 8.31. The smallest absolute Gasteiger partial charge is 0.329 e. The first-order valence-electron chi connectivity index (χ1n) is 11.0. The van der Waals surface area contributed by atoms with Crippen LogP contribution in [0.2, 0.25) is 0 Å². The number of carbonyl (C=O) groups excluding carboxylic acids is 2. The zero-order valence-corrected chi connectivity index (χ0v) is 19.9. The third-order valence-corrected chi connectivity index (χ3v) is 5.26. The summed E-state index contributed by atoms with van der Waals surface area (Å²) >= 11 is 0. The Balaban J connectivity index is 2.22. The molecule has 2 aromatic rings. The number of esters is 1. The molecular weight excluding hydrogens is 406 g/mol. The molecule has 0 saturated heterocycles. The number of hydrogen-bond acceptors (Lipinski definition) is 5. The van der Waals surface area contributed by atoms with Gasteiger partial charge in [-0.25, -0.2) is 4.79 Å². The van der Waals surface area contributed by atoms with Crippen LogP contribution >= 0.6 is 0 Å². The van der Waals surface area contributed by atoms with E-state index in [0.717, 1.165) is 22.3 Å². The van der Waals surface area contributed by atoms with E-state index in [1.165, 1.54) is 0 Å². The largest absolute Gasteiger partial charge is 0.508 e. The van der Waals surface area contributed by atoms with Gasteiger partial charge < -0.3 is 19.8 Å². The highest BCUT2D eigenvalue weighted by Gasteiger charge is 2.32. The summed E-state index contributed by atoms with van der Waals surface area (Å²) in [5.74, 6) is -0.165. The average molecular weight is 442 g/mol. The van der Waals surface area contributed by atoms with Crippen LogP contribution in [0, 0.1) is 13.8 Å². The van der Waals surface area contributed by atoms with Gasteiger partial charge in [0.25, 0.3) is 0 Å². The van der Waals surface area contributed by atoms with Crippen molar-refractivity contribution >= 4 is 11.9 Å². The minimum Gasteiger partial charge on any atom is -0.508 e. The fourth-order valence-corrected chi connectivity index (χ4v) is 3.70. The Morgan fingerprint density at radius 3 is 2.06 bits per heavy atom. The fraction of sp³-hybridized carbons (Fsp3) is 0.462. The van der Waals surface area contributed by atoms with Crippen molar-refractivity contribution in [2.75, 3.05) is 6.54 Å². The van der Waals surface area contributed by atoms with Gasteiger partial charge in [0.2, 0.25) is 5.91 Å². The molecule has 0 aliphatic carbocycles. The van der Waals surface area contributed by atoms with Crippen molar-refractivity contribution in [2.24, 2.45) is 0 Å². The number of ether oxygens (including phenoxy) is 1. The molecule has 6 heteroatoms. The molecule has 1 atom stereocenters. The van der Waals surface area contributed by atoms with Gasteiger partial charge in [0.15, 0.2) is 0 Å². The summed E-state index contributed by atoms with van der Waals surface area (Å²) in [6.07, 6.45) is 1.05. The molecule has 174 valence electrons. The van der Waals surface area contributed by atoms with Gasteiger partial charge in [-0.3, -0.25) is 4.79 Å². The summed E-state index contributed by atoms with van der Waals surface area (Å²) in [4.78, 5) is 27.8. The summed E-state index contributed by atoms with van der Waals surface area (Å²) in [6, 6.07) is 9.62. The lowest BCUT2D eigenvalue weighted by Gasteiger charge is -2.32. The van der Waals surface area contributed by atoms with E-state index in [4.69, 9.17) is 4.74 Å². The van der Waals surface area contributed by atoms with Crippen molar-refractivity contribution in [1.82, 2.24) is 4.90 Å². The minimum absolute atomic E-state index is 0.134. The molecule has 32 heavy (non-hydrogen) atoms. The summed E-state index contributed by atoms with van der Waals surface area (Å²) in [5.41, 5.74) is 2.68. The van der Waals surface area contributed by atoms with E-state index >= 15 is 0 Å². The van der Waals surface area contributed by atoms with E-state index in [-0.39, 0.29) is 23.8 Å². The van der Waals surface area contributed by atoms with Crippen LogP contribution in [0.4, 0.5) is 0 Å². The number of likely N-dealkylation sites (N-methyl/N-ethyl adjacent to an activating group) is 1. The highest BCUT2D eigenvalue weighted by molar-refractivity contribution is 5.85. The maximum Gasteiger partial charge on any atom is 0.329 e. The fourth-order valence-electron chi connectivity index (χ4n) is 3.70. The monoisotopic (exact) mass is 441 g/mol. The second-order valence-electron chi connectivity index (χ2n) is 9.18. The first-order chi connectivity index (χ1) is 14.9. The van der Waals surface area contributed by atoms with Crippen LogP contribution < -0.4 is 0 Å². The number of hydrogen-bond donors (Lipinski definition) is 2. The molecule has 0 saturated carbocycles. The molecule has 0 aromatic heterocycles. The molecule has 0 radical (unpaired) electrons. The van der Waals surface area contributed by atoms with E-state index in [1.807, 2.05) is 32.9 Å². The topological polar surface area (TPSA) is 87.1 Å². The molecule has 1 amide bonds. The molecule has 0 aliphatic rings. The van der Waals surface area contributed by atoms with Crippen LogP contribution in [0.1, 0.15) is 56.4 Å². The number of aryl methyl sites for hydroxylation is 3. The van der Waals surface area contributed by atoms with Crippen LogP contribution in [0.25, 0.3) is 0 Å². The number of benzene rings is 2. The molecule has 6 nitrogen and oxygen atoms in total. The van der Waals surface area contributed by atoms with Gasteiger partial charge in [-0.15, -0.1) is 0 Å². The lowest BCUT2D eigenvalue weighted by Crippen LogP contribution is -2.48. The molecule has 0 spiro atoms. The van der Waals surface area contributed by atoms with Crippen molar-refractivity contribution in [2.45, 2.75) is 72.4 Å². The maximum atomic E-state index is 13.2. The van der Waals surface area contributed by atoms with Crippen molar-refractivity contribution in [3.05, 3.63) is 58.7 Å². The van der Waals surface area contributed by atoms with E-state index in [1.54, 1.807) is 49.9 Å². The molecular formula is C26H35NO5. The Morgan fingerprint density at radius 1 is 1.00 bits per heavy atom. The number of aromatic hydroxyl groups is 2. The predicted octanol–water partition coefficient (Wildman–Crippen LogP) is 4.45. The number of carbonyl (C=O) groups is 2. The van der Waals surface area contributed by atoms with Crippen molar-refractivity contribution in [3.8, 4) is 11.5 Å².